The molecule has 0 amide bonds. The van der Waals surface area contributed by atoms with Gasteiger partial charge >= 0.3 is 0 Å². The summed E-state index contributed by atoms with van der Waals surface area (Å²) in [6.45, 7) is 11.4. The van der Waals surface area contributed by atoms with Crippen molar-refractivity contribution in [2.24, 2.45) is 17.3 Å². The molecule has 1 N–H and O–H groups in total. The standard InChI is InChI=1S/C21H32O3/c1-13-6-8-18-14(2)20(23-5)10-11-21(18,4)17(13)9-7-16-15(3)24-12-19(16)22/h7,14,18-20,22H,3,6,8-12H2,1-2,4-5H3/b16-7-/t14-,18-,19-,20?,21+/m1/s1. The molecule has 0 bridgehead atoms. The molecule has 2 fully saturated rings. The van der Waals surface area contributed by atoms with Gasteiger partial charge in [0.25, 0.3) is 0 Å². The molecule has 0 aromatic heterocycles. The Kier molecular flexibility index (Phi) is 4.94. The summed E-state index contributed by atoms with van der Waals surface area (Å²) >= 11 is 0. The van der Waals surface area contributed by atoms with Gasteiger partial charge in [0.15, 0.2) is 0 Å². The Morgan fingerprint density at radius 1 is 1.42 bits per heavy atom. The first-order valence-electron chi connectivity index (χ1n) is 9.30. The fraction of sp³-hybridized carbons (Fsp3) is 0.714. The van der Waals surface area contributed by atoms with Crippen LogP contribution in [0.2, 0.25) is 0 Å². The van der Waals surface area contributed by atoms with E-state index in [1.54, 1.807) is 5.57 Å². The first-order chi connectivity index (χ1) is 11.4. The molecule has 1 aliphatic heterocycles. The summed E-state index contributed by atoms with van der Waals surface area (Å²) in [6.07, 6.45) is 7.70. The Balaban J connectivity index is 1.86. The average Bonchev–Trinajstić information content (AvgIpc) is 2.86. The lowest BCUT2D eigenvalue weighted by Gasteiger charge is -2.52. The van der Waals surface area contributed by atoms with Crippen LogP contribution in [0.25, 0.3) is 0 Å². The van der Waals surface area contributed by atoms with Crippen molar-refractivity contribution in [3.8, 4) is 0 Å². The van der Waals surface area contributed by atoms with Gasteiger partial charge in [-0.2, -0.15) is 0 Å². The van der Waals surface area contributed by atoms with Crippen LogP contribution in [-0.4, -0.2) is 31.0 Å². The van der Waals surface area contributed by atoms with E-state index in [0.29, 0.717) is 30.3 Å². The maximum Gasteiger partial charge on any atom is 0.118 e. The van der Waals surface area contributed by atoms with Gasteiger partial charge < -0.3 is 14.6 Å². The van der Waals surface area contributed by atoms with Crippen molar-refractivity contribution in [2.45, 2.75) is 65.1 Å². The van der Waals surface area contributed by atoms with Crippen LogP contribution < -0.4 is 0 Å². The lowest BCUT2D eigenvalue weighted by Crippen LogP contribution is -2.46. The van der Waals surface area contributed by atoms with Crippen LogP contribution in [0.3, 0.4) is 0 Å². The Morgan fingerprint density at radius 2 is 2.17 bits per heavy atom. The van der Waals surface area contributed by atoms with Crippen molar-refractivity contribution in [3.63, 3.8) is 0 Å². The summed E-state index contributed by atoms with van der Waals surface area (Å²) in [6, 6.07) is 0. The van der Waals surface area contributed by atoms with Crippen LogP contribution in [0.15, 0.2) is 35.1 Å². The van der Waals surface area contributed by atoms with Crippen molar-refractivity contribution in [3.05, 3.63) is 35.1 Å². The summed E-state index contributed by atoms with van der Waals surface area (Å²) < 4.78 is 11.1. The SMILES string of the molecule is C=C1OC[C@@H](O)/C1=C\CC1=C(C)CC[C@@H]2[C@@H](C)C(OC)CC[C@@]12C. The van der Waals surface area contributed by atoms with Gasteiger partial charge in [-0.3, -0.25) is 0 Å². The van der Waals surface area contributed by atoms with Gasteiger partial charge in [-0.1, -0.05) is 37.6 Å². The molecule has 3 aliphatic rings. The van der Waals surface area contributed by atoms with Crippen LogP contribution in [0.4, 0.5) is 0 Å². The zero-order chi connectivity index (χ0) is 17.5. The minimum absolute atomic E-state index is 0.250. The quantitative estimate of drug-likeness (QED) is 0.779. The Labute approximate surface area is 146 Å². The Bertz CT molecular complexity index is 574. The highest BCUT2D eigenvalue weighted by Gasteiger charge is 2.48. The van der Waals surface area contributed by atoms with Crippen molar-refractivity contribution in [2.75, 3.05) is 13.7 Å². The maximum atomic E-state index is 10.1. The molecule has 3 nitrogen and oxygen atoms in total. The van der Waals surface area contributed by atoms with E-state index < -0.39 is 6.10 Å². The summed E-state index contributed by atoms with van der Waals surface area (Å²) in [5, 5.41) is 10.1. The third-order valence-corrected chi connectivity index (χ3v) is 6.95. The number of rotatable bonds is 3. The van der Waals surface area contributed by atoms with E-state index in [1.165, 1.54) is 24.8 Å². The molecular formula is C21H32O3. The smallest absolute Gasteiger partial charge is 0.118 e. The molecule has 3 heteroatoms. The largest absolute Gasteiger partial charge is 0.491 e. The first kappa shape index (κ1) is 17.8. The molecule has 3 rings (SSSR count). The van der Waals surface area contributed by atoms with Gasteiger partial charge in [0.1, 0.15) is 18.5 Å². The molecule has 24 heavy (non-hydrogen) atoms. The molecule has 134 valence electrons. The highest BCUT2D eigenvalue weighted by Crippen LogP contribution is 2.56. The van der Waals surface area contributed by atoms with Crippen LogP contribution in [-0.2, 0) is 9.47 Å². The normalized spacial score (nSPS) is 41.5. The number of hydrogen-bond donors (Lipinski definition) is 1. The minimum atomic E-state index is -0.520. The predicted molar refractivity (Wildman–Crippen MR) is 96.5 cm³/mol. The van der Waals surface area contributed by atoms with Crippen molar-refractivity contribution in [1.82, 2.24) is 0 Å². The van der Waals surface area contributed by atoms with Crippen molar-refractivity contribution < 1.29 is 14.6 Å². The lowest BCUT2D eigenvalue weighted by molar-refractivity contribution is -0.0489. The van der Waals surface area contributed by atoms with Gasteiger partial charge in [0, 0.05) is 12.7 Å². The first-order valence-corrected chi connectivity index (χ1v) is 9.30. The van der Waals surface area contributed by atoms with Gasteiger partial charge in [-0.15, -0.1) is 0 Å². The molecule has 2 aliphatic carbocycles. The van der Waals surface area contributed by atoms with Crippen LogP contribution in [0, 0.1) is 17.3 Å². The molecule has 0 aromatic rings. The Morgan fingerprint density at radius 3 is 2.79 bits per heavy atom. The summed E-state index contributed by atoms with van der Waals surface area (Å²) in [7, 11) is 1.85. The van der Waals surface area contributed by atoms with Crippen molar-refractivity contribution in [1.29, 1.82) is 0 Å². The number of allylic oxidation sites excluding steroid dienone is 3. The van der Waals surface area contributed by atoms with E-state index >= 15 is 0 Å². The fourth-order valence-corrected chi connectivity index (χ4v) is 5.44. The molecule has 1 heterocycles. The molecule has 1 unspecified atom stereocenters. The van der Waals surface area contributed by atoms with Gasteiger partial charge in [-0.25, -0.2) is 0 Å². The second kappa shape index (κ2) is 6.68. The topological polar surface area (TPSA) is 38.7 Å². The van der Waals surface area contributed by atoms with Gasteiger partial charge in [0.2, 0.25) is 0 Å². The van der Waals surface area contributed by atoms with Gasteiger partial charge in [0.05, 0.1) is 6.10 Å². The molecule has 5 atom stereocenters. The summed E-state index contributed by atoms with van der Waals surface area (Å²) in [4.78, 5) is 0. The van der Waals surface area contributed by atoms with E-state index in [1.807, 2.05) is 7.11 Å². The van der Waals surface area contributed by atoms with E-state index in [-0.39, 0.29) is 5.41 Å². The van der Waals surface area contributed by atoms with E-state index in [4.69, 9.17) is 9.47 Å². The molecule has 0 spiro atoms. The average molecular weight is 332 g/mol. The fourth-order valence-electron chi connectivity index (χ4n) is 5.44. The zero-order valence-electron chi connectivity index (χ0n) is 15.6. The lowest BCUT2D eigenvalue weighted by atomic mass is 9.54. The molecule has 0 aromatic carbocycles. The second-order valence-corrected chi connectivity index (χ2v) is 8.11. The zero-order valence-corrected chi connectivity index (χ0v) is 15.6. The number of ether oxygens (including phenoxy) is 2. The second-order valence-electron chi connectivity index (χ2n) is 8.11. The molecule has 0 radical (unpaired) electrons. The van der Waals surface area contributed by atoms with Crippen LogP contribution in [0.1, 0.15) is 52.9 Å². The van der Waals surface area contributed by atoms with Crippen LogP contribution >= 0.6 is 0 Å². The number of aliphatic hydroxyl groups excluding tert-OH is 1. The molecular weight excluding hydrogens is 300 g/mol. The predicted octanol–water partition coefficient (Wildman–Crippen LogP) is 4.39. The Hall–Kier alpha value is -1.06. The monoisotopic (exact) mass is 332 g/mol. The minimum Gasteiger partial charge on any atom is -0.491 e. The van der Waals surface area contributed by atoms with E-state index in [9.17, 15) is 5.11 Å². The third kappa shape index (κ3) is 2.86. The van der Waals surface area contributed by atoms with Crippen molar-refractivity contribution >= 4 is 0 Å². The molecule has 1 saturated heterocycles. The molecule has 1 saturated carbocycles. The maximum absolute atomic E-state index is 10.1. The number of fused-ring (bicyclic) bond motifs is 1. The summed E-state index contributed by atoms with van der Waals surface area (Å²) in [5.41, 5.74) is 4.23. The highest BCUT2D eigenvalue weighted by molar-refractivity contribution is 5.35. The number of methoxy groups -OCH3 is 1. The van der Waals surface area contributed by atoms with Gasteiger partial charge in [-0.05, 0) is 56.3 Å². The highest BCUT2D eigenvalue weighted by atomic mass is 16.5. The number of hydrogen-bond acceptors (Lipinski definition) is 3. The van der Waals surface area contributed by atoms with E-state index in [2.05, 4.69) is 33.4 Å². The summed E-state index contributed by atoms with van der Waals surface area (Å²) in [5.74, 6) is 1.91. The van der Waals surface area contributed by atoms with Crippen LogP contribution in [0.5, 0.6) is 0 Å². The number of aliphatic hydroxyl groups is 1. The van der Waals surface area contributed by atoms with E-state index in [0.717, 1.165) is 18.4 Å². The third-order valence-electron chi connectivity index (χ3n) is 6.95.